The van der Waals surface area contributed by atoms with Crippen LogP contribution in [-0.2, 0) is 11.2 Å². The quantitative estimate of drug-likeness (QED) is 0.706. The summed E-state index contributed by atoms with van der Waals surface area (Å²) in [6, 6.07) is 7.46. The molecule has 7 nitrogen and oxygen atoms in total. The van der Waals surface area contributed by atoms with Gasteiger partial charge < -0.3 is 4.74 Å². The average Bonchev–Trinajstić information content (AvgIpc) is 3.24. The second-order valence-corrected chi connectivity index (χ2v) is 6.65. The van der Waals surface area contributed by atoms with Gasteiger partial charge in [0.25, 0.3) is 0 Å². The lowest BCUT2D eigenvalue weighted by atomic mass is 10.2. The first-order valence-electron chi connectivity index (χ1n) is 7.86. The number of hydrogen-bond donors (Lipinski definition) is 2. The molecule has 2 N–H and O–H groups in total. The number of nitrogens with zero attached hydrogens (tertiary/aromatic N) is 3. The second-order valence-electron chi connectivity index (χ2n) is 5.76. The van der Waals surface area contributed by atoms with Crippen molar-refractivity contribution in [2.75, 3.05) is 12.4 Å². The number of nitrogens with one attached hydrogen (secondary N) is 2. The first-order chi connectivity index (χ1) is 12.1. The third-order valence-electron chi connectivity index (χ3n) is 3.50. The molecule has 8 heteroatoms. The number of carbonyl (C=O) groups excluding carboxylic acids is 1. The van der Waals surface area contributed by atoms with Crippen molar-refractivity contribution in [3.05, 3.63) is 40.3 Å². The molecule has 25 heavy (non-hydrogen) atoms. The van der Waals surface area contributed by atoms with Crippen molar-refractivity contribution in [1.82, 2.24) is 20.2 Å². The van der Waals surface area contributed by atoms with E-state index in [2.05, 4.69) is 39.3 Å². The van der Waals surface area contributed by atoms with Gasteiger partial charge in [0.15, 0.2) is 5.82 Å². The number of amides is 1. The number of hydrogen-bond acceptors (Lipinski definition) is 6. The number of benzene rings is 1. The Morgan fingerprint density at radius 1 is 1.32 bits per heavy atom. The Kier molecular flexibility index (Phi) is 5.08. The molecule has 0 aliphatic rings. The van der Waals surface area contributed by atoms with Gasteiger partial charge in [0.05, 0.1) is 29.8 Å². The molecular formula is C17H19N5O2S. The van der Waals surface area contributed by atoms with E-state index in [9.17, 15) is 4.79 Å². The van der Waals surface area contributed by atoms with Crippen LogP contribution in [0.1, 0.15) is 30.5 Å². The van der Waals surface area contributed by atoms with E-state index in [4.69, 9.17) is 4.74 Å². The zero-order chi connectivity index (χ0) is 17.8. The number of anilines is 1. The van der Waals surface area contributed by atoms with Crippen LogP contribution < -0.4 is 10.1 Å². The highest BCUT2D eigenvalue weighted by molar-refractivity contribution is 7.09. The van der Waals surface area contributed by atoms with Crippen molar-refractivity contribution in [3.8, 4) is 17.1 Å². The Hall–Kier alpha value is -2.74. The predicted molar refractivity (Wildman–Crippen MR) is 96.9 cm³/mol. The summed E-state index contributed by atoms with van der Waals surface area (Å²) in [5.74, 6) is 1.60. The van der Waals surface area contributed by atoms with Crippen molar-refractivity contribution in [2.24, 2.45) is 0 Å². The fourth-order valence-corrected chi connectivity index (χ4v) is 3.12. The molecule has 2 aromatic heterocycles. The second kappa shape index (κ2) is 7.43. The zero-order valence-electron chi connectivity index (χ0n) is 14.2. The molecule has 1 aromatic carbocycles. The minimum Gasteiger partial charge on any atom is -0.496 e. The van der Waals surface area contributed by atoms with Gasteiger partial charge in [-0.2, -0.15) is 4.98 Å². The summed E-state index contributed by atoms with van der Waals surface area (Å²) in [5, 5.41) is 12.5. The molecule has 3 rings (SSSR count). The van der Waals surface area contributed by atoms with Crippen LogP contribution in [0, 0.1) is 0 Å². The predicted octanol–water partition coefficient (Wildman–Crippen LogP) is 3.24. The van der Waals surface area contributed by atoms with Crippen molar-refractivity contribution >= 4 is 23.2 Å². The topological polar surface area (TPSA) is 92.8 Å². The third kappa shape index (κ3) is 4.03. The van der Waals surface area contributed by atoms with E-state index < -0.39 is 0 Å². The lowest BCUT2D eigenvalue weighted by molar-refractivity contribution is -0.115. The Labute approximate surface area is 149 Å². The highest BCUT2D eigenvalue weighted by atomic mass is 32.1. The minimum absolute atomic E-state index is 0.196. The third-order valence-corrected chi connectivity index (χ3v) is 4.70. The number of H-pyrrole nitrogens is 1. The van der Waals surface area contributed by atoms with E-state index in [-0.39, 0.29) is 18.3 Å². The summed E-state index contributed by atoms with van der Waals surface area (Å²) < 4.78 is 5.31. The average molecular weight is 357 g/mol. The summed E-state index contributed by atoms with van der Waals surface area (Å²) in [6.45, 7) is 4.16. The highest BCUT2D eigenvalue weighted by Gasteiger charge is 2.14. The van der Waals surface area contributed by atoms with Crippen molar-refractivity contribution in [3.63, 3.8) is 0 Å². The van der Waals surface area contributed by atoms with Crippen LogP contribution in [0.15, 0.2) is 29.6 Å². The molecule has 0 radical (unpaired) electrons. The minimum atomic E-state index is -0.203. The van der Waals surface area contributed by atoms with E-state index in [0.717, 1.165) is 16.3 Å². The molecule has 0 saturated carbocycles. The van der Waals surface area contributed by atoms with Crippen LogP contribution in [0.5, 0.6) is 5.75 Å². The van der Waals surface area contributed by atoms with Crippen LogP contribution >= 0.6 is 11.3 Å². The standard InChI is InChI=1S/C17H19N5O2S/c1-10(2)16-18-11(9-25-16)8-14(23)19-17-20-15(21-22-17)12-6-4-5-7-13(12)24-3/h4-7,9-10H,8H2,1-3H3,(H2,19,20,21,22,23). The lowest BCUT2D eigenvalue weighted by Gasteiger charge is -2.04. The Balaban J connectivity index is 1.67. The molecule has 0 fully saturated rings. The summed E-state index contributed by atoms with van der Waals surface area (Å²) in [6.07, 6.45) is 0.196. The van der Waals surface area contributed by atoms with Crippen molar-refractivity contribution in [1.29, 1.82) is 0 Å². The maximum Gasteiger partial charge on any atom is 0.249 e. The number of ether oxygens (including phenoxy) is 1. The number of carbonyl (C=O) groups is 1. The Morgan fingerprint density at radius 3 is 2.84 bits per heavy atom. The summed E-state index contributed by atoms with van der Waals surface area (Å²) >= 11 is 1.57. The molecular weight excluding hydrogens is 338 g/mol. The number of thiazole rings is 1. The molecule has 0 aliphatic heterocycles. The van der Waals surface area contributed by atoms with Gasteiger partial charge in [-0.25, -0.2) is 4.98 Å². The lowest BCUT2D eigenvalue weighted by Crippen LogP contribution is -2.15. The monoisotopic (exact) mass is 357 g/mol. The molecule has 0 unspecified atom stereocenters. The zero-order valence-corrected chi connectivity index (χ0v) is 15.1. The first kappa shape index (κ1) is 17.1. The van der Waals surface area contributed by atoms with Crippen LogP contribution in [-0.4, -0.2) is 33.2 Å². The molecule has 0 atom stereocenters. The molecule has 3 aromatic rings. The molecule has 0 aliphatic carbocycles. The fraction of sp³-hybridized carbons (Fsp3) is 0.294. The molecule has 130 valence electrons. The smallest absolute Gasteiger partial charge is 0.249 e. The van der Waals surface area contributed by atoms with Gasteiger partial charge >= 0.3 is 0 Å². The number of aromatic nitrogens is 4. The largest absolute Gasteiger partial charge is 0.496 e. The van der Waals surface area contributed by atoms with Gasteiger partial charge in [-0.05, 0) is 12.1 Å². The summed E-state index contributed by atoms with van der Waals surface area (Å²) in [7, 11) is 1.59. The number of rotatable bonds is 6. The van der Waals surface area contributed by atoms with E-state index in [1.165, 1.54) is 0 Å². The van der Waals surface area contributed by atoms with Crippen LogP contribution in [0.3, 0.4) is 0 Å². The van der Waals surface area contributed by atoms with Crippen LogP contribution in [0.2, 0.25) is 0 Å². The van der Waals surface area contributed by atoms with E-state index in [0.29, 0.717) is 17.5 Å². The van der Waals surface area contributed by atoms with E-state index >= 15 is 0 Å². The molecule has 1 amide bonds. The van der Waals surface area contributed by atoms with Gasteiger partial charge in [0.2, 0.25) is 11.9 Å². The molecule has 0 spiro atoms. The Bertz CT molecular complexity index is 871. The normalized spacial score (nSPS) is 10.9. The van der Waals surface area contributed by atoms with Gasteiger partial charge in [-0.3, -0.25) is 15.2 Å². The number of aromatic amines is 1. The molecule has 0 bridgehead atoms. The van der Waals surface area contributed by atoms with Crippen LogP contribution in [0.4, 0.5) is 5.95 Å². The van der Waals surface area contributed by atoms with Gasteiger partial charge in [-0.1, -0.05) is 26.0 Å². The number of para-hydroxylation sites is 1. The number of methoxy groups -OCH3 is 1. The van der Waals surface area contributed by atoms with E-state index in [1.807, 2.05) is 29.6 Å². The SMILES string of the molecule is COc1ccccc1-c1nc(NC(=O)Cc2csc(C(C)C)n2)n[nH]1. The van der Waals surface area contributed by atoms with Gasteiger partial charge in [0, 0.05) is 11.3 Å². The van der Waals surface area contributed by atoms with Crippen molar-refractivity contribution < 1.29 is 9.53 Å². The summed E-state index contributed by atoms with van der Waals surface area (Å²) in [5.41, 5.74) is 1.53. The maximum atomic E-state index is 12.2. The maximum absolute atomic E-state index is 12.2. The first-order valence-corrected chi connectivity index (χ1v) is 8.74. The van der Waals surface area contributed by atoms with E-state index in [1.54, 1.807) is 18.4 Å². The van der Waals surface area contributed by atoms with Crippen molar-refractivity contribution in [2.45, 2.75) is 26.2 Å². The fourth-order valence-electron chi connectivity index (χ4n) is 2.28. The highest BCUT2D eigenvalue weighted by Crippen LogP contribution is 2.27. The molecule has 2 heterocycles. The Morgan fingerprint density at radius 2 is 2.12 bits per heavy atom. The summed E-state index contributed by atoms with van der Waals surface area (Å²) in [4.78, 5) is 20.9. The van der Waals surface area contributed by atoms with Crippen LogP contribution in [0.25, 0.3) is 11.4 Å². The molecule has 0 saturated heterocycles. The van der Waals surface area contributed by atoms with Gasteiger partial charge in [-0.15, -0.1) is 16.4 Å². The van der Waals surface area contributed by atoms with Gasteiger partial charge in [0.1, 0.15) is 5.75 Å².